The highest BCUT2D eigenvalue weighted by Gasteiger charge is 2.40. The normalized spacial score (nSPS) is 20.6. The number of carbonyl (C=O) groups is 2. The average Bonchev–Trinajstić information content (AvgIpc) is 2.61. The molecule has 1 aliphatic heterocycles. The maximum absolute atomic E-state index is 12.8. The molecule has 3 unspecified atom stereocenters. The van der Waals surface area contributed by atoms with E-state index in [0.29, 0.717) is 18.1 Å². The lowest BCUT2D eigenvalue weighted by molar-refractivity contribution is -0.144. The van der Waals surface area contributed by atoms with Crippen LogP contribution in [-0.2, 0) is 9.59 Å². The second-order valence-electron chi connectivity index (χ2n) is 8.81. The van der Waals surface area contributed by atoms with Crippen molar-refractivity contribution < 1.29 is 19.8 Å². The number of aliphatic hydroxyl groups is 1. The Labute approximate surface area is 177 Å². The summed E-state index contributed by atoms with van der Waals surface area (Å²) in [5.41, 5.74) is 6.58. The first-order chi connectivity index (χ1) is 13.4. The highest BCUT2D eigenvalue weighted by molar-refractivity contribution is 6.30. The van der Waals surface area contributed by atoms with Crippen LogP contribution in [0.5, 0.6) is 0 Å². The quantitative estimate of drug-likeness (QED) is 0.589. The van der Waals surface area contributed by atoms with Crippen molar-refractivity contribution >= 4 is 29.2 Å². The van der Waals surface area contributed by atoms with Crippen molar-refractivity contribution in [2.24, 2.45) is 17.6 Å². The fourth-order valence-corrected chi connectivity index (χ4v) is 3.88. The number of nitrogens with zero attached hydrogens (tertiary/aromatic N) is 2. The van der Waals surface area contributed by atoms with Gasteiger partial charge in [0, 0.05) is 35.4 Å². The number of aliphatic carboxylic acids is 1. The summed E-state index contributed by atoms with van der Waals surface area (Å²) in [4.78, 5) is 27.8. The van der Waals surface area contributed by atoms with Crippen LogP contribution in [0.1, 0.15) is 34.1 Å². The average molecular weight is 426 g/mol. The monoisotopic (exact) mass is 425 g/mol. The minimum absolute atomic E-state index is 0.0705. The van der Waals surface area contributed by atoms with Gasteiger partial charge in [0.2, 0.25) is 5.91 Å². The molecule has 1 amide bonds. The molecular formula is C21H32ClN3O4. The second-order valence-corrected chi connectivity index (χ2v) is 9.24. The molecule has 0 aromatic heterocycles. The van der Waals surface area contributed by atoms with Crippen LogP contribution in [0.2, 0.25) is 5.02 Å². The highest BCUT2D eigenvalue weighted by Crippen LogP contribution is 2.28. The van der Waals surface area contributed by atoms with E-state index in [1.165, 1.54) is 0 Å². The number of benzene rings is 1. The molecule has 2 rings (SSSR count). The van der Waals surface area contributed by atoms with Crippen molar-refractivity contribution in [1.29, 1.82) is 0 Å². The second kappa shape index (κ2) is 9.43. The summed E-state index contributed by atoms with van der Waals surface area (Å²) in [6.45, 7) is 8.58. The Balaban J connectivity index is 2.06. The summed E-state index contributed by atoms with van der Waals surface area (Å²) in [7, 11) is 0. The summed E-state index contributed by atoms with van der Waals surface area (Å²) in [6.07, 6.45) is -0.874. The first-order valence-corrected chi connectivity index (χ1v) is 10.3. The molecule has 8 heteroatoms. The third-order valence-electron chi connectivity index (χ3n) is 5.69. The number of nitrogens with two attached hydrogens (primary N) is 1. The highest BCUT2D eigenvalue weighted by atomic mass is 35.5. The topological polar surface area (TPSA) is 107 Å². The van der Waals surface area contributed by atoms with Gasteiger partial charge in [-0.3, -0.25) is 14.5 Å². The number of piperazine rings is 1. The maximum Gasteiger partial charge on any atom is 0.306 e. The van der Waals surface area contributed by atoms with E-state index >= 15 is 0 Å². The van der Waals surface area contributed by atoms with Crippen LogP contribution in [0.25, 0.3) is 0 Å². The number of hydrogen-bond donors (Lipinski definition) is 3. The van der Waals surface area contributed by atoms with E-state index < -0.39 is 24.0 Å². The first kappa shape index (κ1) is 23.6. The van der Waals surface area contributed by atoms with E-state index in [-0.39, 0.29) is 30.3 Å². The molecule has 0 aliphatic carbocycles. The lowest BCUT2D eigenvalue weighted by atomic mass is 9.87. The standard InChI is InChI=1S/C21H32ClN3O4/c1-13(2)16(20(28)29)9-18(26)17(23)10-24-11-19(27)25(12-21(24,3)4)15-7-5-6-14(22)8-15/h5-8,13,16-18,26H,9-12,23H2,1-4H3,(H,28,29). The van der Waals surface area contributed by atoms with Crippen LogP contribution in [0.3, 0.4) is 0 Å². The molecule has 1 saturated heterocycles. The molecule has 162 valence electrons. The van der Waals surface area contributed by atoms with Gasteiger partial charge in [0.1, 0.15) is 0 Å². The molecule has 0 radical (unpaired) electrons. The van der Waals surface area contributed by atoms with Crippen LogP contribution >= 0.6 is 11.6 Å². The van der Waals surface area contributed by atoms with Crippen molar-refractivity contribution in [2.75, 3.05) is 24.5 Å². The Morgan fingerprint density at radius 1 is 1.34 bits per heavy atom. The van der Waals surface area contributed by atoms with Gasteiger partial charge in [-0.2, -0.15) is 0 Å². The number of rotatable bonds is 8. The SMILES string of the molecule is CC(C)C(CC(O)C(N)CN1CC(=O)N(c2cccc(Cl)c2)CC1(C)C)C(=O)O. The van der Waals surface area contributed by atoms with Gasteiger partial charge >= 0.3 is 5.97 Å². The van der Waals surface area contributed by atoms with E-state index in [0.717, 1.165) is 5.69 Å². The molecule has 0 saturated carbocycles. The Morgan fingerprint density at radius 2 is 2.00 bits per heavy atom. The molecule has 4 N–H and O–H groups in total. The van der Waals surface area contributed by atoms with Gasteiger partial charge in [-0.15, -0.1) is 0 Å². The summed E-state index contributed by atoms with van der Waals surface area (Å²) in [5, 5.41) is 20.4. The summed E-state index contributed by atoms with van der Waals surface area (Å²) in [5.74, 6) is -1.77. The zero-order chi connectivity index (χ0) is 21.9. The molecule has 29 heavy (non-hydrogen) atoms. The van der Waals surface area contributed by atoms with E-state index in [4.69, 9.17) is 17.3 Å². The van der Waals surface area contributed by atoms with Gasteiger partial charge in [0.15, 0.2) is 0 Å². The fraction of sp³-hybridized carbons (Fsp3) is 0.619. The molecule has 3 atom stereocenters. The first-order valence-electron chi connectivity index (χ1n) is 9.90. The molecule has 1 aromatic carbocycles. The van der Waals surface area contributed by atoms with E-state index in [1.54, 1.807) is 17.0 Å². The third kappa shape index (κ3) is 5.92. The molecule has 0 spiro atoms. The van der Waals surface area contributed by atoms with E-state index in [1.807, 2.05) is 44.7 Å². The van der Waals surface area contributed by atoms with Crippen molar-refractivity contribution in [3.05, 3.63) is 29.3 Å². The number of carboxylic acid groups (broad SMARTS) is 1. The predicted octanol–water partition coefficient (Wildman–Crippen LogP) is 2.20. The van der Waals surface area contributed by atoms with Crippen molar-refractivity contribution in [3.8, 4) is 0 Å². The maximum atomic E-state index is 12.8. The Kier molecular flexibility index (Phi) is 7.67. The van der Waals surface area contributed by atoms with Crippen molar-refractivity contribution in [1.82, 2.24) is 4.90 Å². The molecular weight excluding hydrogens is 394 g/mol. The van der Waals surface area contributed by atoms with Gasteiger partial charge in [0.25, 0.3) is 0 Å². The molecule has 7 nitrogen and oxygen atoms in total. The summed E-state index contributed by atoms with van der Waals surface area (Å²) in [6, 6.07) is 6.53. The van der Waals surface area contributed by atoms with Gasteiger partial charge in [0.05, 0.1) is 18.6 Å². The lowest BCUT2D eigenvalue weighted by Gasteiger charge is -2.47. The van der Waals surface area contributed by atoms with Crippen LogP contribution < -0.4 is 10.6 Å². The Bertz CT molecular complexity index is 740. The predicted molar refractivity (Wildman–Crippen MR) is 114 cm³/mol. The van der Waals surface area contributed by atoms with E-state index in [9.17, 15) is 19.8 Å². The van der Waals surface area contributed by atoms with Crippen LogP contribution in [0.15, 0.2) is 24.3 Å². The molecule has 1 fully saturated rings. The number of halogens is 1. The van der Waals surface area contributed by atoms with E-state index in [2.05, 4.69) is 0 Å². The number of aliphatic hydroxyl groups excluding tert-OH is 1. The van der Waals surface area contributed by atoms with Crippen LogP contribution in [-0.4, -0.2) is 64.3 Å². The Morgan fingerprint density at radius 3 is 2.55 bits per heavy atom. The van der Waals surface area contributed by atoms with Gasteiger partial charge in [-0.25, -0.2) is 0 Å². The number of amides is 1. The van der Waals surface area contributed by atoms with Crippen LogP contribution in [0.4, 0.5) is 5.69 Å². The lowest BCUT2D eigenvalue weighted by Crippen LogP contribution is -2.64. The zero-order valence-electron chi connectivity index (χ0n) is 17.5. The molecule has 1 aliphatic rings. The largest absolute Gasteiger partial charge is 0.481 e. The molecule has 0 bridgehead atoms. The van der Waals surface area contributed by atoms with Crippen LogP contribution in [0, 0.1) is 11.8 Å². The van der Waals surface area contributed by atoms with Gasteiger partial charge in [-0.05, 0) is 44.4 Å². The number of anilines is 1. The minimum Gasteiger partial charge on any atom is -0.481 e. The summed E-state index contributed by atoms with van der Waals surface area (Å²) < 4.78 is 0. The molecule has 1 aromatic rings. The number of carboxylic acids is 1. The minimum atomic E-state index is -0.963. The fourth-order valence-electron chi connectivity index (χ4n) is 3.70. The van der Waals surface area contributed by atoms with Crippen molar-refractivity contribution in [2.45, 2.75) is 51.8 Å². The van der Waals surface area contributed by atoms with Gasteiger partial charge in [-0.1, -0.05) is 31.5 Å². The zero-order valence-corrected chi connectivity index (χ0v) is 18.3. The third-order valence-corrected chi connectivity index (χ3v) is 5.93. The number of hydrogen-bond acceptors (Lipinski definition) is 5. The smallest absolute Gasteiger partial charge is 0.306 e. The Hall–Kier alpha value is -1.67. The van der Waals surface area contributed by atoms with Gasteiger partial charge < -0.3 is 20.8 Å². The van der Waals surface area contributed by atoms with Crippen molar-refractivity contribution in [3.63, 3.8) is 0 Å². The number of carbonyl (C=O) groups excluding carboxylic acids is 1. The summed E-state index contributed by atoms with van der Waals surface area (Å²) >= 11 is 6.07. The molecule has 1 heterocycles.